The Morgan fingerprint density at radius 1 is 1.05 bits per heavy atom. The van der Waals surface area contributed by atoms with Gasteiger partial charge in [-0.15, -0.1) is 0 Å². The molecule has 1 aromatic carbocycles. The van der Waals surface area contributed by atoms with Crippen LogP contribution in [0.1, 0.15) is 38.5 Å². The molecule has 0 aromatic heterocycles. The Balaban J connectivity index is 1.45. The van der Waals surface area contributed by atoms with Gasteiger partial charge in [0.1, 0.15) is 5.82 Å². The van der Waals surface area contributed by atoms with Gasteiger partial charge in [-0.2, -0.15) is 0 Å². The lowest BCUT2D eigenvalue weighted by atomic mass is 9.95. The maximum atomic E-state index is 12.9. The minimum absolute atomic E-state index is 0.150. The SMILES string of the molecule is Fc1ccc(N2CC[C@H](CNC3CCCCC3)C2)cc1. The van der Waals surface area contributed by atoms with Crippen LogP contribution < -0.4 is 10.2 Å². The number of rotatable bonds is 4. The molecule has 2 nitrogen and oxygen atoms in total. The van der Waals surface area contributed by atoms with E-state index in [-0.39, 0.29) is 5.82 Å². The molecule has 110 valence electrons. The van der Waals surface area contributed by atoms with Crippen LogP contribution >= 0.6 is 0 Å². The first-order valence-corrected chi connectivity index (χ1v) is 8.05. The molecule has 1 saturated carbocycles. The average Bonchev–Trinajstić information content (AvgIpc) is 2.96. The second kappa shape index (κ2) is 6.57. The Morgan fingerprint density at radius 3 is 2.55 bits per heavy atom. The van der Waals surface area contributed by atoms with Crippen LogP contribution in [0.3, 0.4) is 0 Å². The van der Waals surface area contributed by atoms with Crippen LogP contribution in [0.2, 0.25) is 0 Å². The number of anilines is 1. The van der Waals surface area contributed by atoms with Crippen molar-refractivity contribution in [3.05, 3.63) is 30.1 Å². The van der Waals surface area contributed by atoms with Gasteiger partial charge in [-0.1, -0.05) is 19.3 Å². The van der Waals surface area contributed by atoms with Gasteiger partial charge in [-0.3, -0.25) is 0 Å². The zero-order valence-electron chi connectivity index (χ0n) is 12.2. The molecule has 2 aliphatic rings. The Labute approximate surface area is 121 Å². The highest BCUT2D eigenvalue weighted by Gasteiger charge is 2.23. The van der Waals surface area contributed by atoms with Crippen LogP contribution in [0.25, 0.3) is 0 Å². The number of nitrogens with one attached hydrogen (secondary N) is 1. The molecule has 0 amide bonds. The molecule has 3 heteroatoms. The summed E-state index contributed by atoms with van der Waals surface area (Å²) in [7, 11) is 0. The molecule has 0 bridgehead atoms. The van der Waals surface area contributed by atoms with Crippen molar-refractivity contribution in [2.45, 2.75) is 44.6 Å². The Kier molecular flexibility index (Phi) is 4.56. The fraction of sp³-hybridized carbons (Fsp3) is 0.647. The van der Waals surface area contributed by atoms with Gasteiger partial charge in [0.05, 0.1) is 0 Å². The summed E-state index contributed by atoms with van der Waals surface area (Å²) in [5.74, 6) is 0.588. The lowest BCUT2D eigenvalue weighted by Gasteiger charge is -2.25. The lowest BCUT2D eigenvalue weighted by molar-refractivity contribution is 0.353. The predicted molar refractivity (Wildman–Crippen MR) is 81.6 cm³/mol. The number of hydrogen-bond acceptors (Lipinski definition) is 2. The molecule has 0 spiro atoms. The van der Waals surface area contributed by atoms with Crippen molar-refractivity contribution < 1.29 is 4.39 Å². The molecule has 1 saturated heterocycles. The van der Waals surface area contributed by atoms with E-state index in [2.05, 4.69) is 10.2 Å². The quantitative estimate of drug-likeness (QED) is 0.904. The van der Waals surface area contributed by atoms with Crippen molar-refractivity contribution >= 4 is 5.69 Å². The van der Waals surface area contributed by atoms with Gasteiger partial charge in [0.25, 0.3) is 0 Å². The highest BCUT2D eigenvalue weighted by Crippen LogP contribution is 2.24. The molecular weight excluding hydrogens is 251 g/mol. The fourth-order valence-corrected chi connectivity index (χ4v) is 3.53. The highest BCUT2D eigenvalue weighted by molar-refractivity contribution is 5.47. The summed E-state index contributed by atoms with van der Waals surface area (Å²) < 4.78 is 12.9. The number of hydrogen-bond donors (Lipinski definition) is 1. The van der Waals surface area contributed by atoms with Gasteiger partial charge in [-0.05, 0) is 56.0 Å². The summed E-state index contributed by atoms with van der Waals surface area (Å²) in [6.45, 7) is 3.34. The van der Waals surface area contributed by atoms with Crippen molar-refractivity contribution in [2.75, 3.05) is 24.5 Å². The normalized spacial score (nSPS) is 24.2. The zero-order chi connectivity index (χ0) is 13.8. The minimum Gasteiger partial charge on any atom is -0.371 e. The third-order valence-corrected chi connectivity index (χ3v) is 4.78. The minimum atomic E-state index is -0.150. The summed E-state index contributed by atoms with van der Waals surface area (Å²) in [6.07, 6.45) is 8.16. The van der Waals surface area contributed by atoms with E-state index in [0.717, 1.165) is 37.3 Å². The molecule has 1 aromatic rings. The maximum absolute atomic E-state index is 12.9. The topological polar surface area (TPSA) is 15.3 Å². The Bertz CT molecular complexity index is 412. The van der Waals surface area contributed by atoms with Gasteiger partial charge in [-0.25, -0.2) is 4.39 Å². The standard InChI is InChI=1S/C17H25FN2/c18-15-6-8-17(9-7-15)20-11-10-14(13-20)12-19-16-4-2-1-3-5-16/h6-9,14,16,19H,1-5,10-13H2/t14-/m1/s1. The van der Waals surface area contributed by atoms with E-state index in [1.165, 1.54) is 38.5 Å². The van der Waals surface area contributed by atoms with Gasteiger partial charge in [0.2, 0.25) is 0 Å². The van der Waals surface area contributed by atoms with Crippen LogP contribution in [0.5, 0.6) is 0 Å². The fourth-order valence-electron chi connectivity index (χ4n) is 3.53. The monoisotopic (exact) mass is 276 g/mol. The summed E-state index contributed by atoms with van der Waals surface area (Å²) >= 11 is 0. The molecule has 0 unspecified atom stereocenters. The van der Waals surface area contributed by atoms with Gasteiger partial charge >= 0.3 is 0 Å². The van der Waals surface area contributed by atoms with E-state index in [9.17, 15) is 4.39 Å². The molecule has 1 heterocycles. The average molecular weight is 276 g/mol. The third-order valence-electron chi connectivity index (χ3n) is 4.78. The molecule has 2 fully saturated rings. The van der Waals surface area contributed by atoms with Crippen LogP contribution in [0, 0.1) is 11.7 Å². The number of nitrogens with zero attached hydrogens (tertiary/aromatic N) is 1. The maximum Gasteiger partial charge on any atom is 0.123 e. The molecule has 1 aliphatic heterocycles. The van der Waals surface area contributed by atoms with E-state index in [4.69, 9.17) is 0 Å². The lowest BCUT2D eigenvalue weighted by Crippen LogP contribution is -2.35. The van der Waals surface area contributed by atoms with Crippen molar-refractivity contribution in [1.29, 1.82) is 0 Å². The summed E-state index contributed by atoms with van der Waals surface area (Å²) in [5.41, 5.74) is 1.16. The number of halogens is 1. The molecule has 0 radical (unpaired) electrons. The molecule has 20 heavy (non-hydrogen) atoms. The van der Waals surface area contributed by atoms with Crippen molar-refractivity contribution in [2.24, 2.45) is 5.92 Å². The summed E-state index contributed by atoms with van der Waals surface area (Å²) in [4.78, 5) is 2.38. The van der Waals surface area contributed by atoms with Crippen LogP contribution in [0.15, 0.2) is 24.3 Å². The summed E-state index contributed by atoms with van der Waals surface area (Å²) in [5, 5.41) is 3.76. The number of benzene rings is 1. The van der Waals surface area contributed by atoms with Crippen LogP contribution in [-0.2, 0) is 0 Å². The highest BCUT2D eigenvalue weighted by atomic mass is 19.1. The van der Waals surface area contributed by atoms with E-state index in [1.807, 2.05) is 12.1 Å². The first-order valence-electron chi connectivity index (χ1n) is 8.05. The second-order valence-corrected chi connectivity index (χ2v) is 6.32. The predicted octanol–water partition coefficient (Wildman–Crippen LogP) is 3.57. The van der Waals surface area contributed by atoms with E-state index in [1.54, 1.807) is 12.1 Å². The molecule has 1 N–H and O–H groups in total. The van der Waals surface area contributed by atoms with Crippen molar-refractivity contribution in [1.82, 2.24) is 5.32 Å². The van der Waals surface area contributed by atoms with Gasteiger partial charge in [0, 0.05) is 24.8 Å². The Hall–Kier alpha value is -1.09. The third kappa shape index (κ3) is 3.51. The first kappa shape index (κ1) is 13.9. The van der Waals surface area contributed by atoms with E-state index in [0.29, 0.717) is 0 Å². The van der Waals surface area contributed by atoms with Crippen molar-refractivity contribution in [3.63, 3.8) is 0 Å². The molecular formula is C17H25FN2. The second-order valence-electron chi connectivity index (χ2n) is 6.32. The molecule has 3 rings (SSSR count). The van der Waals surface area contributed by atoms with E-state index >= 15 is 0 Å². The van der Waals surface area contributed by atoms with Gasteiger partial charge in [0.15, 0.2) is 0 Å². The Morgan fingerprint density at radius 2 is 1.80 bits per heavy atom. The summed E-state index contributed by atoms with van der Waals surface area (Å²) in [6, 6.07) is 7.66. The smallest absolute Gasteiger partial charge is 0.123 e. The van der Waals surface area contributed by atoms with Gasteiger partial charge < -0.3 is 10.2 Å². The van der Waals surface area contributed by atoms with Crippen LogP contribution in [0.4, 0.5) is 10.1 Å². The molecule has 1 aliphatic carbocycles. The molecule has 1 atom stereocenters. The zero-order valence-corrected chi connectivity index (χ0v) is 12.2. The largest absolute Gasteiger partial charge is 0.371 e. The van der Waals surface area contributed by atoms with Crippen molar-refractivity contribution in [3.8, 4) is 0 Å². The first-order chi connectivity index (χ1) is 9.81. The van der Waals surface area contributed by atoms with Crippen LogP contribution in [-0.4, -0.2) is 25.7 Å². The van der Waals surface area contributed by atoms with E-state index < -0.39 is 0 Å².